The third-order valence-electron chi connectivity index (χ3n) is 6.87. The summed E-state index contributed by atoms with van der Waals surface area (Å²) in [6, 6.07) is 4.36. The zero-order valence-electron chi connectivity index (χ0n) is 27.7. The van der Waals surface area contributed by atoms with Crippen molar-refractivity contribution in [2.24, 2.45) is 0 Å². The summed E-state index contributed by atoms with van der Waals surface area (Å²) in [5.74, 6) is 0.0747. The monoisotopic (exact) mass is 778 g/mol. The van der Waals surface area contributed by atoms with Crippen LogP contribution in [0.25, 0.3) is 22.1 Å². The summed E-state index contributed by atoms with van der Waals surface area (Å²) in [4.78, 5) is 8.03. The minimum Gasteiger partial charge on any atom is -0.493 e. The first-order valence-corrected chi connectivity index (χ1v) is 23.5. The molecule has 0 saturated heterocycles. The molecular weight excluding hydrogens is 741 g/mol. The van der Waals surface area contributed by atoms with E-state index in [9.17, 15) is 26.3 Å². The molecule has 0 aliphatic heterocycles. The summed E-state index contributed by atoms with van der Waals surface area (Å²) in [5, 5.41) is -0.207. The van der Waals surface area contributed by atoms with E-state index < -0.39 is 39.6 Å². The smallest absolute Gasteiger partial charge is 0.418 e. The average molecular weight is 780 g/mol. The number of pyridine rings is 2. The molecule has 268 valence electrons. The van der Waals surface area contributed by atoms with Crippen LogP contribution in [0.2, 0.25) is 66.7 Å². The molecular formula is C30H39Cl3F6N4O3Si2. The normalized spacial score (nSPS) is 12.9. The molecule has 0 radical (unpaired) electrons. The van der Waals surface area contributed by atoms with E-state index in [4.69, 9.17) is 49.0 Å². The zero-order chi connectivity index (χ0) is 36.2. The molecule has 0 unspecified atom stereocenters. The topological polar surface area (TPSA) is 63.3 Å². The predicted octanol–water partition coefficient (Wildman–Crippen LogP) is 11.1. The van der Waals surface area contributed by atoms with E-state index in [1.54, 1.807) is 6.92 Å². The first kappa shape index (κ1) is 40.4. The van der Waals surface area contributed by atoms with Crippen LogP contribution in [-0.4, -0.2) is 55.1 Å². The minimum atomic E-state index is -4.53. The van der Waals surface area contributed by atoms with Gasteiger partial charge in [0, 0.05) is 53.2 Å². The molecule has 48 heavy (non-hydrogen) atoms. The van der Waals surface area contributed by atoms with Crippen molar-refractivity contribution < 1.29 is 40.6 Å². The van der Waals surface area contributed by atoms with Gasteiger partial charge in [-0.15, -0.1) is 0 Å². The highest BCUT2D eigenvalue weighted by Gasteiger charge is 2.37. The van der Waals surface area contributed by atoms with Crippen LogP contribution in [-0.2, 0) is 35.3 Å². The minimum absolute atomic E-state index is 0.0179. The first-order chi connectivity index (χ1) is 22.0. The maximum absolute atomic E-state index is 13.4. The van der Waals surface area contributed by atoms with E-state index >= 15 is 0 Å². The highest BCUT2D eigenvalue weighted by molar-refractivity contribution is 6.76. The number of rotatable bonds is 12. The highest BCUT2D eigenvalue weighted by Crippen LogP contribution is 2.41. The van der Waals surface area contributed by atoms with Crippen molar-refractivity contribution in [1.29, 1.82) is 0 Å². The van der Waals surface area contributed by atoms with Gasteiger partial charge >= 0.3 is 12.4 Å². The quantitative estimate of drug-likeness (QED) is 0.0620. The van der Waals surface area contributed by atoms with Crippen molar-refractivity contribution in [2.45, 2.75) is 84.1 Å². The second-order valence-corrected chi connectivity index (χ2v) is 25.8. The SMILES string of the molecule is CCOc1cc(Cl)nc2c1c(C(F)(F)F)cn2COCC[Si](C)(C)C.C[Si](C)(C)CCOCn1cc(C(F)(F)F)c2c(Cl)cc(Cl)nc21. The van der Waals surface area contributed by atoms with Gasteiger partial charge in [-0.25, -0.2) is 9.97 Å². The Hall–Kier alpha value is -2.02. The third-order valence-corrected chi connectivity index (χ3v) is 11.0. The summed E-state index contributed by atoms with van der Waals surface area (Å²) >= 11 is 17.7. The molecule has 0 N–H and O–H groups in total. The fourth-order valence-corrected chi connectivity index (χ4v) is 6.64. The third kappa shape index (κ3) is 11.3. The molecule has 4 heterocycles. The van der Waals surface area contributed by atoms with Crippen LogP contribution >= 0.6 is 34.8 Å². The molecule has 7 nitrogen and oxygen atoms in total. The van der Waals surface area contributed by atoms with Crippen molar-refractivity contribution in [2.75, 3.05) is 19.8 Å². The number of aromatic nitrogens is 4. The van der Waals surface area contributed by atoms with Crippen LogP contribution < -0.4 is 4.74 Å². The van der Waals surface area contributed by atoms with E-state index in [2.05, 4.69) is 49.3 Å². The maximum atomic E-state index is 13.4. The van der Waals surface area contributed by atoms with Crippen LogP contribution in [0.15, 0.2) is 24.5 Å². The zero-order valence-corrected chi connectivity index (χ0v) is 31.9. The predicted molar refractivity (Wildman–Crippen MR) is 184 cm³/mol. The standard InChI is InChI=1S/C16H22ClF3N2O2Si.C14H17Cl2F3N2OSi/c1-5-24-12-8-13(17)21-15-14(12)11(16(18,19)20)9-22(15)10-23-6-7-25(2,3)4;1-23(2,3)5-4-22-8-21-7-9(14(17,18)19)12-10(15)6-11(16)20-13(12)21/h8-9H,5-7,10H2,1-4H3;6-7H,4-5,8H2,1-3H3. The Kier molecular flexibility index (Phi) is 13.4. The molecule has 18 heteroatoms. The molecule has 0 atom stereocenters. The van der Waals surface area contributed by atoms with Crippen molar-refractivity contribution in [1.82, 2.24) is 19.1 Å². The van der Waals surface area contributed by atoms with Crippen molar-refractivity contribution >= 4 is 73.0 Å². The average Bonchev–Trinajstić information content (AvgIpc) is 3.48. The maximum Gasteiger partial charge on any atom is 0.418 e. The highest BCUT2D eigenvalue weighted by atomic mass is 35.5. The van der Waals surface area contributed by atoms with Gasteiger partial charge in [-0.3, -0.25) is 0 Å². The van der Waals surface area contributed by atoms with Gasteiger partial charge in [-0.1, -0.05) is 74.1 Å². The van der Waals surface area contributed by atoms with Crippen LogP contribution in [0.5, 0.6) is 5.75 Å². The fraction of sp³-hybridized carbons (Fsp3) is 0.533. The summed E-state index contributed by atoms with van der Waals surface area (Å²) in [7, 11) is -2.54. The lowest BCUT2D eigenvalue weighted by Crippen LogP contribution is -2.22. The van der Waals surface area contributed by atoms with E-state index in [0.29, 0.717) is 13.2 Å². The Labute approximate surface area is 292 Å². The van der Waals surface area contributed by atoms with Crippen molar-refractivity contribution in [3.05, 3.63) is 51.0 Å². The van der Waals surface area contributed by atoms with E-state index in [1.165, 1.54) is 21.3 Å². The molecule has 0 aromatic carbocycles. The Morgan fingerprint density at radius 3 is 1.52 bits per heavy atom. The second-order valence-electron chi connectivity index (χ2n) is 13.4. The number of hydrogen-bond donors (Lipinski definition) is 0. The van der Waals surface area contributed by atoms with Crippen LogP contribution in [0.4, 0.5) is 26.3 Å². The summed E-state index contributed by atoms with van der Waals surface area (Å²) in [5.41, 5.74) is -1.46. The molecule has 4 aromatic heterocycles. The van der Waals surface area contributed by atoms with E-state index in [-0.39, 0.29) is 63.2 Å². The van der Waals surface area contributed by atoms with E-state index in [1.807, 2.05) is 0 Å². The molecule has 4 aromatic rings. The Morgan fingerprint density at radius 2 is 1.10 bits per heavy atom. The van der Waals surface area contributed by atoms with Crippen LogP contribution in [0.3, 0.4) is 0 Å². The second kappa shape index (κ2) is 15.9. The van der Waals surface area contributed by atoms with Crippen molar-refractivity contribution in [3.8, 4) is 5.75 Å². The number of nitrogens with zero attached hydrogens (tertiary/aromatic N) is 4. The first-order valence-electron chi connectivity index (χ1n) is 15.0. The summed E-state index contributed by atoms with van der Waals surface area (Å²) in [6.07, 6.45) is -7.08. The van der Waals surface area contributed by atoms with Gasteiger partial charge in [0.1, 0.15) is 40.8 Å². The Morgan fingerprint density at radius 1 is 0.688 bits per heavy atom. The number of fused-ring (bicyclic) bond motifs is 2. The molecule has 0 amide bonds. The largest absolute Gasteiger partial charge is 0.493 e. The molecule has 0 aliphatic rings. The fourth-order valence-electron chi connectivity index (χ4n) is 4.41. The van der Waals surface area contributed by atoms with Gasteiger partial charge in [0.05, 0.1) is 28.1 Å². The summed E-state index contributed by atoms with van der Waals surface area (Å²) in [6.45, 7) is 16.1. The van der Waals surface area contributed by atoms with Crippen LogP contribution in [0, 0.1) is 0 Å². The molecule has 0 fully saturated rings. The van der Waals surface area contributed by atoms with Gasteiger partial charge in [0.2, 0.25) is 0 Å². The van der Waals surface area contributed by atoms with Gasteiger partial charge in [0.15, 0.2) is 0 Å². The van der Waals surface area contributed by atoms with E-state index in [0.717, 1.165) is 24.5 Å². The number of hydrogen-bond acceptors (Lipinski definition) is 5. The van der Waals surface area contributed by atoms with Gasteiger partial charge in [-0.2, -0.15) is 26.3 Å². The molecule has 4 rings (SSSR count). The lowest BCUT2D eigenvalue weighted by atomic mass is 10.2. The van der Waals surface area contributed by atoms with Crippen LogP contribution in [0.1, 0.15) is 18.1 Å². The van der Waals surface area contributed by atoms with Gasteiger partial charge in [-0.05, 0) is 25.1 Å². The molecule has 0 spiro atoms. The molecule has 0 bridgehead atoms. The van der Waals surface area contributed by atoms with Crippen molar-refractivity contribution in [3.63, 3.8) is 0 Å². The Balaban J connectivity index is 0.000000261. The number of halogens is 9. The Bertz CT molecular complexity index is 1700. The van der Waals surface area contributed by atoms with Gasteiger partial charge < -0.3 is 23.3 Å². The lowest BCUT2D eigenvalue weighted by molar-refractivity contribution is -0.137. The number of ether oxygens (including phenoxy) is 3. The molecule has 0 saturated carbocycles. The van der Waals surface area contributed by atoms with Gasteiger partial charge in [0.25, 0.3) is 0 Å². The molecule has 0 aliphatic carbocycles. The summed E-state index contributed by atoms with van der Waals surface area (Å²) < 4.78 is 98.9. The number of alkyl halides is 6. The lowest BCUT2D eigenvalue weighted by Gasteiger charge is -2.15.